The van der Waals surface area contributed by atoms with Crippen LogP contribution < -0.4 is 16.0 Å². The van der Waals surface area contributed by atoms with E-state index in [1.807, 2.05) is 7.05 Å². The fourth-order valence-corrected chi connectivity index (χ4v) is 2.31. The Hall–Kier alpha value is -2.66. The van der Waals surface area contributed by atoms with Gasteiger partial charge in [0.2, 0.25) is 5.91 Å². The van der Waals surface area contributed by atoms with Gasteiger partial charge >= 0.3 is 0 Å². The van der Waals surface area contributed by atoms with Gasteiger partial charge in [0.15, 0.2) is 6.54 Å². The molecule has 0 aliphatic rings. The number of primary amides is 1. The highest BCUT2D eigenvalue weighted by molar-refractivity contribution is 5.95. The Balaban J connectivity index is 1.86. The summed E-state index contributed by atoms with van der Waals surface area (Å²) in [5.74, 6) is -0.549. The summed E-state index contributed by atoms with van der Waals surface area (Å²) in [4.78, 5) is 24.2. The average Bonchev–Trinajstić information content (AvgIpc) is 2.50. The van der Waals surface area contributed by atoms with Crippen molar-refractivity contribution in [2.24, 2.45) is 5.73 Å². The number of nitrogens with one attached hydrogen (secondary N) is 2. The maximum atomic E-state index is 12.1. The van der Waals surface area contributed by atoms with Crippen molar-refractivity contribution in [2.45, 2.75) is 13.5 Å². The highest BCUT2D eigenvalue weighted by atomic mass is 16.2. The van der Waals surface area contributed by atoms with Gasteiger partial charge in [-0.05, 0) is 31.2 Å². The van der Waals surface area contributed by atoms with Crippen molar-refractivity contribution in [3.8, 4) is 0 Å². The Labute approximate surface area is 136 Å². The molecule has 0 radical (unpaired) electrons. The normalized spacial score (nSPS) is 11.7. The second-order valence-electron chi connectivity index (χ2n) is 5.79. The molecule has 5 nitrogen and oxygen atoms in total. The number of quaternary nitrogens is 1. The van der Waals surface area contributed by atoms with E-state index in [2.05, 4.69) is 36.5 Å². The number of amides is 2. The van der Waals surface area contributed by atoms with Gasteiger partial charge in [0.1, 0.15) is 6.54 Å². The minimum absolute atomic E-state index is 0.0681. The van der Waals surface area contributed by atoms with E-state index >= 15 is 0 Å². The first-order chi connectivity index (χ1) is 10.9. The maximum absolute atomic E-state index is 12.1. The van der Waals surface area contributed by atoms with Gasteiger partial charge in [-0.2, -0.15) is 0 Å². The maximum Gasteiger partial charge on any atom is 0.279 e. The second-order valence-corrected chi connectivity index (χ2v) is 5.79. The zero-order valence-electron chi connectivity index (χ0n) is 13.4. The Kier molecular flexibility index (Phi) is 5.49. The van der Waals surface area contributed by atoms with Gasteiger partial charge in [0.05, 0.1) is 7.05 Å². The molecule has 120 valence electrons. The van der Waals surface area contributed by atoms with Crippen molar-refractivity contribution in [2.75, 3.05) is 18.9 Å². The lowest BCUT2D eigenvalue weighted by Crippen LogP contribution is -3.08. The quantitative estimate of drug-likeness (QED) is 0.736. The van der Waals surface area contributed by atoms with Gasteiger partial charge in [0.25, 0.3) is 5.91 Å². The monoisotopic (exact) mass is 312 g/mol. The highest BCUT2D eigenvalue weighted by Crippen LogP contribution is 2.08. The molecule has 2 aromatic rings. The molecule has 2 amide bonds. The zero-order chi connectivity index (χ0) is 16.8. The van der Waals surface area contributed by atoms with Crippen LogP contribution in [-0.4, -0.2) is 25.4 Å². The molecule has 2 aromatic carbocycles. The van der Waals surface area contributed by atoms with Gasteiger partial charge in [-0.3, -0.25) is 9.59 Å². The van der Waals surface area contributed by atoms with Crippen molar-refractivity contribution in [3.05, 3.63) is 65.2 Å². The first-order valence-corrected chi connectivity index (χ1v) is 7.50. The van der Waals surface area contributed by atoms with Crippen molar-refractivity contribution in [1.29, 1.82) is 0 Å². The van der Waals surface area contributed by atoms with E-state index in [1.54, 1.807) is 24.3 Å². The minimum Gasteiger partial charge on any atom is -0.366 e. The third kappa shape index (κ3) is 5.23. The van der Waals surface area contributed by atoms with Crippen LogP contribution in [0, 0.1) is 6.92 Å². The van der Waals surface area contributed by atoms with Crippen LogP contribution in [0.25, 0.3) is 0 Å². The van der Waals surface area contributed by atoms with Crippen LogP contribution in [0.3, 0.4) is 0 Å². The van der Waals surface area contributed by atoms with Crippen molar-refractivity contribution in [3.63, 3.8) is 0 Å². The summed E-state index contributed by atoms with van der Waals surface area (Å²) in [6, 6.07) is 14.9. The molecule has 0 saturated carbocycles. The molecule has 5 heteroatoms. The number of rotatable bonds is 6. The van der Waals surface area contributed by atoms with Crippen LogP contribution in [-0.2, 0) is 11.3 Å². The lowest BCUT2D eigenvalue weighted by molar-refractivity contribution is -0.885. The van der Waals surface area contributed by atoms with Gasteiger partial charge in [-0.1, -0.05) is 29.8 Å². The Morgan fingerprint density at radius 1 is 1.04 bits per heavy atom. The van der Waals surface area contributed by atoms with Gasteiger partial charge in [-0.15, -0.1) is 0 Å². The van der Waals surface area contributed by atoms with Gasteiger partial charge < -0.3 is 16.0 Å². The van der Waals surface area contributed by atoms with Crippen LogP contribution in [0.15, 0.2) is 48.5 Å². The summed E-state index contributed by atoms with van der Waals surface area (Å²) in [5, 5.41) is 2.82. The Morgan fingerprint density at radius 2 is 1.65 bits per heavy atom. The fraction of sp³-hybridized carbons (Fsp3) is 0.222. The van der Waals surface area contributed by atoms with Crippen molar-refractivity contribution >= 4 is 17.5 Å². The largest absolute Gasteiger partial charge is 0.366 e. The van der Waals surface area contributed by atoms with E-state index < -0.39 is 5.91 Å². The summed E-state index contributed by atoms with van der Waals surface area (Å²) in [7, 11) is 1.98. The number of likely N-dealkylation sites (N-methyl/N-ethyl adjacent to an activating group) is 1. The van der Waals surface area contributed by atoms with Crippen LogP contribution in [0.1, 0.15) is 21.5 Å². The number of hydrogen-bond acceptors (Lipinski definition) is 2. The number of carbonyl (C=O) groups excluding carboxylic acids is 2. The van der Waals surface area contributed by atoms with Gasteiger partial charge in [0, 0.05) is 16.8 Å². The van der Waals surface area contributed by atoms with E-state index in [0.717, 1.165) is 11.4 Å². The highest BCUT2D eigenvalue weighted by Gasteiger charge is 2.11. The van der Waals surface area contributed by atoms with E-state index in [-0.39, 0.29) is 5.91 Å². The van der Waals surface area contributed by atoms with Crippen LogP contribution in [0.4, 0.5) is 5.69 Å². The topological polar surface area (TPSA) is 76.6 Å². The van der Waals surface area contributed by atoms with Gasteiger partial charge in [-0.25, -0.2) is 0 Å². The SMILES string of the molecule is Cc1ccc(C[NH+](C)CC(=O)Nc2ccc(C(N)=O)cc2)cc1. The van der Waals surface area contributed by atoms with E-state index in [1.165, 1.54) is 11.1 Å². The second kappa shape index (κ2) is 7.56. The molecule has 4 N–H and O–H groups in total. The molecule has 0 spiro atoms. The van der Waals surface area contributed by atoms with E-state index in [9.17, 15) is 9.59 Å². The summed E-state index contributed by atoms with van der Waals surface area (Å²) in [5.41, 5.74) is 8.69. The number of aryl methyl sites for hydroxylation is 1. The fourth-order valence-electron chi connectivity index (χ4n) is 2.31. The van der Waals surface area contributed by atoms with E-state index in [0.29, 0.717) is 17.8 Å². The minimum atomic E-state index is -0.481. The standard InChI is InChI=1S/C18H21N3O2/c1-13-3-5-14(6-4-13)11-21(2)12-17(22)20-16-9-7-15(8-10-16)18(19)23/h3-10H,11-12H2,1-2H3,(H2,19,23)(H,20,22)/p+1. The van der Waals surface area contributed by atoms with Crippen molar-refractivity contribution in [1.82, 2.24) is 0 Å². The molecule has 0 fully saturated rings. The number of nitrogens with two attached hydrogens (primary N) is 1. The molecule has 0 aromatic heterocycles. The summed E-state index contributed by atoms with van der Waals surface area (Å²) in [6.45, 7) is 3.21. The summed E-state index contributed by atoms with van der Waals surface area (Å²) in [6.07, 6.45) is 0. The molecule has 0 heterocycles. The van der Waals surface area contributed by atoms with Crippen LogP contribution in [0.5, 0.6) is 0 Å². The van der Waals surface area contributed by atoms with Crippen molar-refractivity contribution < 1.29 is 14.5 Å². The predicted octanol–water partition coefficient (Wildman–Crippen LogP) is 0.747. The Bertz CT molecular complexity index is 678. The molecule has 0 aliphatic carbocycles. The smallest absolute Gasteiger partial charge is 0.279 e. The average molecular weight is 312 g/mol. The van der Waals surface area contributed by atoms with E-state index in [4.69, 9.17) is 5.73 Å². The molecule has 1 unspecified atom stereocenters. The lowest BCUT2D eigenvalue weighted by Gasteiger charge is -2.14. The molecule has 0 aliphatic heterocycles. The predicted molar refractivity (Wildman–Crippen MR) is 90.2 cm³/mol. The molecule has 0 bridgehead atoms. The van der Waals surface area contributed by atoms with Crippen LogP contribution in [0.2, 0.25) is 0 Å². The molecule has 23 heavy (non-hydrogen) atoms. The molecular formula is C18H22N3O2+. The number of benzene rings is 2. The first-order valence-electron chi connectivity index (χ1n) is 7.50. The third-order valence-electron chi connectivity index (χ3n) is 3.54. The van der Waals surface area contributed by atoms with Crippen LogP contribution >= 0.6 is 0 Å². The number of hydrogen-bond donors (Lipinski definition) is 3. The molecule has 1 atom stereocenters. The molecule has 0 saturated heterocycles. The summed E-state index contributed by atoms with van der Waals surface area (Å²) < 4.78 is 0. The zero-order valence-corrected chi connectivity index (χ0v) is 13.4. The Morgan fingerprint density at radius 3 is 2.22 bits per heavy atom. The molecule has 2 rings (SSSR count). The first kappa shape index (κ1) is 16.7. The molecular weight excluding hydrogens is 290 g/mol. The lowest BCUT2D eigenvalue weighted by atomic mass is 10.1. The number of anilines is 1. The third-order valence-corrected chi connectivity index (χ3v) is 3.54. The number of carbonyl (C=O) groups is 2. The summed E-state index contributed by atoms with van der Waals surface area (Å²) >= 11 is 0.